The molecule has 1 aromatic heterocycles. The van der Waals surface area contributed by atoms with Crippen LogP contribution < -0.4 is 4.74 Å². The monoisotopic (exact) mass is 388 g/mol. The Labute approximate surface area is 161 Å². The zero-order valence-corrected chi connectivity index (χ0v) is 15.4. The number of aromatic nitrogens is 2. The molecule has 7 heteroatoms. The van der Waals surface area contributed by atoms with Crippen LogP contribution in [0.25, 0.3) is 5.69 Å². The third-order valence-corrected chi connectivity index (χ3v) is 4.49. The first-order valence-corrected chi connectivity index (χ1v) is 8.75. The lowest BCUT2D eigenvalue weighted by atomic mass is 10.0. The van der Waals surface area contributed by atoms with Crippen molar-refractivity contribution in [3.63, 3.8) is 0 Å². The van der Waals surface area contributed by atoms with Gasteiger partial charge in [-0.1, -0.05) is 17.7 Å². The Kier molecular flexibility index (Phi) is 5.76. The number of carbonyl (C=O) groups is 1. The number of carboxylic acid groups (broad SMARTS) is 1. The number of nitrogens with zero attached hydrogens (tertiary/aromatic N) is 2. The van der Waals surface area contributed by atoms with Crippen LogP contribution in [-0.4, -0.2) is 20.9 Å². The first kappa shape index (κ1) is 18.9. The Morgan fingerprint density at radius 3 is 2.67 bits per heavy atom. The molecule has 3 aromatic rings. The van der Waals surface area contributed by atoms with E-state index in [0.29, 0.717) is 16.1 Å². The Bertz CT molecular complexity index is 954. The highest BCUT2D eigenvalue weighted by Crippen LogP contribution is 2.25. The number of hydrogen-bond acceptors (Lipinski definition) is 3. The summed E-state index contributed by atoms with van der Waals surface area (Å²) in [5.41, 5.74) is 2.64. The Balaban J connectivity index is 1.74. The van der Waals surface area contributed by atoms with Gasteiger partial charge >= 0.3 is 5.97 Å². The van der Waals surface area contributed by atoms with Crippen LogP contribution in [0.5, 0.6) is 5.75 Å². The smallest absolute Gasteiger partial charge is 0.303 e. The van der Waals surface area contributed by atoms with E-state index in [-0.39, 0.29) is 25.2 Å². The number of aryl methyl sites for hydroxylation is 1. The van der Waals surface area contributed by atoms with E-state index < -0.39 is 11.8 Å². The van der Waals surface area contributed by atoms with Gasteiger partial charge in [0, 0.05) is 17.6 Å². The van der Waals surface area contributed by atoms with Crippen LogP contribution in [0.15, 0.2) is 48.7 Å². The summed E-state index contributed by atoms with van der Waals surface area (Å²) < 4.78 is 21.9. The molecule has 0 fully saturated rings. The van der Waals surface area contributed by atoms with Gasteiger partial charge in [-0.3, -0.25) is 4.79 Å². The molecule has 0 amide bonds. The molecule has 0 aliphatic heterocycles. The summed E-state index contributed by atoms with van der Waals surface area (Å²) >= 11 is 5.91. The molecule has 1 N–H and O–H groups in total. The van der Waals surface area contributed by atoms with Crippen molar-refractivity contribution in [1.29, 1.82) is 0 Å². The minimum absolute atomic E-state index is 0.0409. The fraction of sp³-hybridized carbons (Fsp3) is 0.200. The second-order valence-corrected chi connectivity index (χ2v) is 6.49. The van der Waals surface area contributed by atoms with Crippen molar-refractivity contribution in [2.24, 2.45) is 0 Å². The first-order valence-electron chi connectivity index (χ1n) is 8.37. The van der Waals surface area contributed by atoms with Crippen molar-refractivity contribution < 1.29 is 19.0 Å². The predicted octanol–water partition coefficient (Wildman–Crippen LogP) is 4.57. The van der Waals surface area contributed by atoms with Gasteiger partial charge in [0.2, 0.25) is 0 Å². The van der Waals surface area contributed by atoms with E-state index >= 15 is 0 Å². The van der Waals surface area contributed by atoms with E-state index in [1.807, 2.05) is 12.1 Å². The van der Waals surface area contributed by atoms with Gasteiger partial charge in [-0.05, 0) is 60.9 Å². The van der Waals surface area contributed by atoms with E-state index in [1.165, 1.54) is 6.07 Å². The number of hydrogen-bond donors (Lipinski definition) is 1. The van der Waals surface area contributed by atoms with Gasteiger partial charge in [0.1, 0.15) is 6.61 Å². The third kappa shape index (κ3) is 4.46. The minimum atomic E-state index is -0.911. The number of benzene rings is 2. The van der Waals surface area contributed by atoms with E-state index in [0.717, 1.165) is 11.4 Å². The van der Waals surface area contributed by atoms with Crippen LogP contribution in [0.4, 0.5) is 4.39 Å². The average Bonchev–Trinajstić information content (AvgIpc) is 3.11. The zero-order valence-electron chi connectivity index (χ0n) is 14.7. The summed E-state index contributed by atoms with van der Waals surface area (Å²) in [6.07, 6.45) is 1.88. The zero-order chi connectivity index (χ0) is 19.4. The molecule has 140 valence electrons. The van der Waals surface area contributed by atoms with Crippen LogP contribution in [-0.2, 0) is 17.8 Å². The van der Waals surface area contributed by atoms with Gasteiger partial charge in [-0.2, -0.15) is 5.10 Å². The summed E-state index contributed by atoms with van der Waals surface area (Å²) in [5, 5.41) is 13.7. The van der Waals surface area contributed by atoms with Crippen LogP contribution >= 0.6 is 11.6 Å². The van der Waals surface area contributed by atoms with Crippen molar-refractivity contribution in [1.82, 2.24) is 9.78 Å². The summed E-state index contributed by atoms with van der Waals surface area (Å²) in [5.74, 6) is -1.27. The van der Waals surface area contributed by atoms with Crippen LogP contribution in [0.2, 0.25) is 5.02 Å². The number of carboxylic acids is 1. The summed E-state index contributed by atoms with van der Waals surface area (Å²) in [7, 11) is 0. The second kappa shape index (κ2) is 8.22. The molecule has 0 radical (unpaired) electrons. The van der Waals surface area contributed by atoms with Crippen LogP contribution in [0.3, 0.4) is 0 Å². The molecular formula is C20H18ClFN2O3. The lowest BCUT2D eigenvalue weighted by Crippen LogP contribution is -2.07. The number of halogens is 2. The Morgan fingerprint density at radius 2 is 1.96 bits per heavy atom. The van der Waals surface area contributed by atoms with E-state index in [4.69, 9.17) is 21.4 Å². The van der Waals surface area contributed by atoms with Crippen molar-refractivity contribution >= 4 is 17.6 Å². The molecule has 3 rings (SSSR count). The average molecular weight is 389 g/mol. The summed E-state index contributed by atoms with van der Waals surface area (Å²) in [6.45, 7) is 1.75. The fourth-order valence-electron chi connectivity index (χ4n) is 2.73. The van der Waals surface area contributed by atoms with Crippen LogP contribution in [0, 0.1) is 12.7 Å². The van der Waals surface area contributed by atoms with Gasteiger partial charge in [-0.15, -0.1) is 0 Å². The molecule has 0 bridgehead atoms. The standard InChI is InChI=1S/C20H18ClFN2O3/c1-13-14(3-9-19(25)26)2-8-18(20(13)22)27-12-17-10-11-23-24(17)16-6-4-15(21)5-7-16/h2,4-8,10-11H,3,9,12H2,1H3,(H,25,26). The number of aliphatic carboxylic acids is 1. The molecule has 1 heterocycles. The lowest BCUT2D eigenvalue weighted by molar-refractivity contribution is -0.136. The van der Waals surface area contributed by atoms with Gasteiger partial charge in [0.25, 0.3) is 0 Å². The number of ether oxygens (including phenoxy) is 1. The van der Waals surface area contributed by atoms with E-state index in [1.54, 1.807) is 42.1 Å². The maximum Gasteiger partial charge on any atom is 0.303 e. The summed E-state index contributed by atoms with van der Waals surface area (Å²) in [6, 6.07) is 12.2. The second-order valence-electron chi connectivity index (χ2n) is 6.05. The Morgan fingerprint density at radius 1 is 1.22 bits per heavy atom. The van der Waals surface area contributed by atoms with Crippen LogP contribution in [0.1, 0.15) is 23.2 Å². The molecule has 2 aromatic carbocycles. The topological polar surface area (TPSA) is 64.3 Å². The molecule has 0 aliphatic rings. The molecular weight excluding hydrogens is 371 g/mol. The number of rotatable bonds is 7. The fourth-order valence-corrected chi connectivity index (χ4v) is 2.86. The van der Waals surface area contributed by atoms with Crippen molar-refractivity contribution in [2.75, 3.05) is 0 Å². The molecule has 0 unspecified atom stereocenters. The first-order chi connectivity index (χ1) is 13.0. The molecule has 0 spiro atoms. The quantitative estimate of drug-likeness (QED) is 0.644. The third-order valence-electron chi connectivity index (χ3n) is 4.24. The molecule has 5 nitrogen and oxygen atoms in total. The van der Waals surface area contributed by atoms with Gasteiger partial charge in [0.05, 0.1) is 11.4 Å². The molecule has 0 saturated heterocycles. The molecule has 0 atom stereocenters. The van der Waals surface area contributed by atoms with Gasteiger partial charge in [-0.25, -0.2) is 9.07 Å². The maximum absolute atomic E-state index is 14.6. The van der Waals surface area contributed by atoms with Crippen molar-refractivity contribution in [2.45, 2.75) is 26.4 Å². The molecule has 27 heavy (non-hydrogen) atoms. The van der Waals surface area contributed by atoms with E-state index in [9.17, 15) is 9.18 Å². The van der Waals surface area contributed by atoms with Gasteiger partial charge < -0.3 is 9.84 Å². The largest absolute Gasteiger partial charge is 0.484 e. The van der Waals surface area contributed by atoms with Gasteiger partial charge in [0.15, 0.2) is 11.6 Å². The van der Waals surface area contributed by atoms with Crippen molar-refractivity contribution in [3.05, 3.63) is 76.3 Å². The SMILES string of the molecule is Cc1c(CCC(=O)O)ccc(OCc2ccnn2-c2ccc(Cl)cc2)c1F. The predicted molar refractivity (Wildman–Crippen MR) is 100.0 cm³/mol. The molecule has 0 aliphatic carbocycles. The maximum atomic E-state index is 14.6. The Hall–Kier alpha value is -2.86. The lowest BCUT2D eigenvalue weighted by Gasteiger charge is -2.13. The highest BCUT2D eigenvalue weighted by Gasteiger charge is 2.13. The van der Waals surface area contributed by atoms with Crippen molar-refractivity contribution in [3.8, 4) is 11.4 Å². The van der Waals surface area contributed by atoms with E-state index in [2.05, 4.69) is 5.10 Å². The minimum Gasteiger partial charge on any atom is -0.484 e. The molecule has 0 saturated carbocycles. The summed E-state index contributed by atoms with van der Waals surface area (Å²) in [4.78, 5) is 10.7. The normalized spacial score (nSPS) is 10.8. The highest BCUT2D eigenvalue weighted by molar-refractivity contribution is 6.30. The highest BCUT2D eigenvalue weighted by atomic mass is 35.5.